The summed E-state index contributed by atoms with van der Waals surface area (Å²) in [6.45, 7) is 4.73. The van der Waals surface area contributed by atoms with Gasteiger partial charge in [-0.25, -0.2) is 10.2 Å². The lowest BCUT2D eigenvalue weighted by Crippen LogP contribution is -2.32. The molecule has 0 saturated heterocycles. The zero-order valence-electron chi connectivity index (χ0n) is 13.0. The number of anilines is 1. The van der Waals surface area contributed by atoms with E-state index in [9.17, 15) is 9.59 Å². The third kappa shape index (κ3) is 4.31. The van der Waals surface area contributed by atoms with Gasteiger partial charge in [-0.1, -0.05) is 32.4 Å². The van der Waals surface area contributed by atoms with Crippen LogP contribution < -0.4 is 16.1 Å². The van der Waals surface area contributed by atoms with Crippen LogP contribution in [-0.2, 0) is 4.79 Å². The van der Waals surface area contributed by atoms with E-state index in [4.69, 9.17) is 0 Å². The molecule has 1 aliphatic heterocycles. The first-order chi connectivity index (χ1) is 10.6. The third-order valence-corrected chi connectivity index (χ3v) is 3.51. The molecule has 1 aliphatic rings. The Morgan fingerprint density at radius 1 is 1.36 bits per heavy atom. The molecule has 1 atom stereocenters. The number of unbranched alkanes of at least 4 members (excludes halogenated alkanes) is 1. The van der Waals surface area contributed by atoms with Crippen LogP contribution in [0.3, 0.4) is 0 Å². The van der Waals surface area contributed by atoms with Crippen molar-refractivity contribution in [3.8, 4) is 0 Å². The molecule has 6 heteroatoms. The van der Waals surface area contributed by atoms with Gasteiger partial charge in [0.25, 0.3) is 0 Å². The molecule has 22 heavy (non-hydrogen) atoms. The molecule has 0 saturated carbocycles. The predicted octanol–water partition coefficient (Wildman–Crippen LogP) is 2.47. The summed E-state index contributed by atoms with van der Waals surface area (Å²) in [4.78, 5) is 22.9. The summed E-state index contributed by atoms with van der Waals surface area (Å²) in [6, 6.07) is 7.26. The molecule has 3 amide bonds. The molecule has 3 N–H and O–H groups in total. The zero-order chi connectivity index (χ0) is 15.9. The van der Waals surface area contributed by atoms with E-state index in [-0.39, 0.29) is 17.9 Å². The van der Waals surface area contributed by atoms with Gasteiger partial charge in [0.15, 0.2) is 0 Å². The summed E-state index contributed by atoms with van der Waals surface area (Å²) >= 11 is 0. The van der Waals surface area contributed by atoms with Gasteiger partial charge in [-0.3, -0.25) is 4.79 Å². The minimum atomic E-state index is -0.197. The smallest absolute Gasteiger partial charge is 0.319 e. The topological polar surface area (TPSA) is 82.6 Å². The van der Waals surface area contributed by atoms with Crippen LogP contribution in [0, 0.1) is 5.92 Å². The highest BCUT2D eigenvalue weighted by Gasteiger charge is 2.21. The number of urea groups is 1. The Bertz CT molecular complexity index is 566. The molecule has 6 nitrogen and oxygen atoms in total. The lowest BCUT2D eigenvalue weighted by molar-refractivity contribution is -0.121. The SMILES string of the molecule is CCCCNC(=O)Nc1ccc(C2=NNC(=O)CC2C)cc1. The molecule has 1 unspecified atom stereocenters. The summed E-state index contributed by atoms with van der Waals surface area (Å²) in [5, 5.41) is 9.71. The minimum Gasteiger partial charge on any atom is -0.338 e. The van der Waals surface area contributed by atoms with E-state index in [0.29, 0.717) is 13.0 Å². The van der Waals surface area contributed by atoms with Crippen LogP contribution in [0.25, 0.3) is 0 Å². The number of carbonyl (C=O) groups excluding carboxylic acids is 2. The molecule has 118 valence electrons. The standard InChI is InChI=1S/C16H22N4O2/c1-3-4-9-17-16(22)18-13-7-5-12(6-8-13)15-11(2)10-14(21)19-20-15/h5-8,11H,3-4,9-10H2,1-2H3,(H,19,21)(H2,17,18,22). The fourth-order valence-electron chi connectivity index (χ4n) is 2.28. The number of hydrazone groups is 1. The van der Waals surface area contributed by atoms with Crippen molar-refractivity contribution in [1.82, 2.24) is 10.7 Å². The predicted molar refractivity (Wildman–Crippen MR) is 86.8 cm³/mol. The van der Waals surface area contributed by atoms with E-state index in [1.807, 2.05) is 31.2 Å². The van der Waals surface area contributed by atoms with Gasteiger partial charge >= 0.3 is 6.03 Å². The molecule has 0 spiro atoms. The van der Waals surface area contributed by atoms with Gasteiger partial charge in [-0.2, -0.15) is 5.10 Å². The van der Waals surface area contributed by atoms with Crippen LogP contribution in [-0.4, -0.2) is 24.2 Å². The van der Waals surface area contributed by atoms with E-state index in [1.54, 1.807) is 0 Å². The van der Waals surface area contributed by atoms with E-state index < -0.39 is 0 Å². The monoisotopic (exact) mass is 302 g/mol. The summed E-state index contributed by atoms with van der Waals surface area (Å²) in [6.07, 6.45) is 2.46. The fourth-order valence-corrected chi connectivity index (χ4v) is 2.28. The molecule has 1 aromatic rings. The van der Waals surface area contributed by atoms with Gasteiger partial charge in [0.05, 0.1) is 5.71 Å². The zero-order valence-corrected chi connectivity index (χ0v) is 13.0. The molecule has 1 aromatic carbocycles. The highest BCUT2D eigenvalue weighted by molar-refractivity contribution is 6.06. The van der Waals surface area contributed by atoms with Crippen LogP contribution in [0.4, 0.5) is 10.5 Å². The van der Waals surface area contributed by atoms with E-state index >= 15 is 0 Å². The Hall–Kier alpha value is -2.37. The van der Waals surface area contributed by atoms with Gasteiger partial charge in [-0.15, -0.1) is 0 Å². The van der Waals surface area contributed by atoms with Crippen LogP contribution >= 0.6 is 0 Å². The number of carbonyl (C=O) groups is 2. The molecule has 0 radical (unpaired) electrons. The Morgan fingerprint density at radius 2 is 2.09 bits per heavy atom. The number of benzene rings is 1. The second-order valence-electron chi connectivity index (χ2n) is 5.45. The van der Waals surface area contributed by atoms with Crippen LogP contribution in [0.15, 0.2) is 29.4 Å². The summed E-state index contributed by atoms with van der Waals surface area (Å²) in [7, 11) is 0. The average molecular weight is 302 g/mol. The Balaban J connectivity index is 1.96. The van der Waals surface area contributed by atoms with Crippen molar-refractivity contribution in [1.29, 1.82) is 0 Å². The van der Waals surface area contributed by atoms with E-state index in [0.717, 1.165) is 29.8 Å². The maximum absolute atomic E-state index is 11.7. The van der Waals surface area contributed by atoms with Crippen LogP contribution in [0.2, 0.25) is 0 Å². The second-order valence-corrected chi connectivity index (χ2v) is 5.45. The first-order valence-electron chi connectivity index (χ1n) is 7.62. The first kappa shape index (κ1) is 16.0. The van der Waals surface area contributed by atoms with Gasteiger partial charge in [0.2, 0.25) is 5.91 Å². The summed E-state index contributed by atoms with van der Waals surface area (Å²) in [5.74, 6) is 0.0307. The van der Waals surface area contributed by atoms with E-state index in [1.165, 1.54) is 0 Å². The van der Waals surface area contributed by atoms with Crippen molar-refractivity contribution >= 4 is 23.3 Å². The Kier molecular flexibility index (Phi) is 5.52. The quantitative estimate of drug-likeness (QED) is 0.730. The average Bonchev–Trinajstić information content (AvgIpc) is 2.49. The van der Waals surface area contributed by atoms with Crippen LogP contribution in [0.5, 0.6) is 0 Å². The van der Waals surface area contributed by atoms with Crippen molar-refractivity contribution in [2.75, 3.05) is 11.9 Å². The van der Waals surface area contributed by atoms with Gasteiger partial charge in [0, 0.05) is 24.6 Å². The molecule has 1 heterocycles. The number of nitrogens with zero attached hydrogens (tertiary/aromatic N) is 1. The van der Waals surface area contributed by atoms with Crippen molar-refractivity contribution in [2.45, 2.75) is 33.1 Å². The Labute approximate surface area is 130 Å². The fraction of sp³-hybridized carbons (Fsp3) is 0.438. The number of hydrogen-bond donors (Lipinski definition) is 3. The lowest BCUT2D eigenvalue weighted by Gasteiger charge is -2.19. The highest BCUT2D eigenvalue weighted by atomic mass is 16.2. The number of amides is 3. The highest BCUT2D eigenvalue weighted by Crippen LogP contribution is 2.18. The molecular weight excluding hydrogens is 280 g/mol. The molecular formula is C16H22N4O2. The molecule has 0 fully saturated rings. The normalized spacial score (nSPS) is 17.5. The largest absolute Gasteiger partial charge is 0.338 e. The second kappa shape index (κ2) is 7.59. The molecule has 0 aliphatic carbocycles. The van der Waals surface area contributed by atoms with Crippen molar-refractivity contribution in [2.24, 2.45) is 11.0 Å². The molecule has 0 aromatic heterocycles. The summed E-state index contributed by atoms with van der Waals surface area (Å²) in [5.41, 5.74) is 5.04. The van der Waals surface area contributed by atoms with Gasteiger partial charge < -0.3 is 10.6 Å². The number of nitrogens with one attached hydrogen (secondary N) is 3. The van der Waals surface area contributed by atoms with Crippen LogP contribution in [0.1, 0.15) is 38.7 Å². The number of rotatable bonds is 5. The van der Waals surface area contributed by atoms with E-state index in [2.05, 4.69) is 28.1 Å². The maximum Gasteiger partial charge on any atom is 0.319 e. The molecule has 0 bridgehead atoms. The Morgan fingerprint density at radius 3 is 2.73 bits per heavy atom. The third-order valence-electron chi connectivity index (χ3n) is 3.51. The lowest BCUT2D eigenvalue weighted by atomic mass is 9.94. The maximum atomic E-state index is 11.7. The van der Waals surface area contributed by atoms with Gasteiger partial charge in [0.1, 0.15) is 0 Å². The molecule has 2 rings (SSSR count). The first-order valence-corrected chi connectivity index (χ1v) is 7.62. The summed E-state index contributed by atoms with van der Waals surface area (Å²) < 4.78 is 0. The number of hydrogen-bond acceptors (Lipinski definition) is 3. The van der Waals surface area contributed by atoms with Crippen molar-refractivity contribution in [3.63, 3.8) is 0 Å². The minimum absolute atomic E-state index is 0.0571. The van der Waals surface area contributed by atoms with Crippen molar-refractivity contribution < 1.29 is 9.59 Å². The van der Waals surface area contributed by atoms with Crippen molar-refractivity contribution in [3.05, 3.63) is 29.8 Å². The van der Waals surface area contributed by atoms with Gasteiger partial charge in [-0.05, 0) is 24.1 Å².